The van der Waals surface area contributed by atoms with Gasteiger partial charge in [-0.3, -0.25) is 15.1 Å². The van der Waals surface area contributed by atoms with Gasteiger partial charge < -0.3 is 0 Å². The summed E-state index contributed by atoms with van der Waals surface area (Å²) < 4.78 is 4.80. The van der Waals surface area contributed by atoms with Crippen LogP contribution >= 0.6 is 11.5 Å². The zero-order valence-corrected chi connectivity index (χ0v) is 10.0. The van der Waals surface area contributed by atoms with Crippen molar-refractivity contribution >= 4 is 27.7 Å². The summed E-state index contributed by atoms with van der Waals surface area (Å²) in [5, 5.41) is 12.2. The lowest BCUT2D eigenvalue weighted by Crippen LogP contribution is -2.36. The van der Waals surface area contributed by atoms with E-state index < -0.39 is 5.91 Å². The Labute approximate surface area is 106 Å². The Hall–Kier alpha value is -2.08. The van der Waals surface area contributed by atoms with E-state index in [0.29, 0.717) is 0 Å². The number of aromatic nitrogens is 2. The van der Waals surface area contributed by atoms with Crippen molar-refractivity contribution in [2.24, 2.45) is 0 Å². The number of rotatable bonds is 5. The van der Waals surface area contributed by atoms with Crippen molar-refractivity contribution in [2.45, 2.75) is 13.0 Å². The number of fused-ring (bicyclic) bond motifs is 1. The van der Waals surface area contributed by atoms with Crippen LogP contribution in [0, 0.1) is 11.3 Å². The topological polar surface area (TPSA) is 99.9 Å². The molecule has 0 aliphatic rings. The van der Waals surface area contributed by atoms with Crippen LogP contribution in [-0.2, 0) is 16.2 Å². The molecule has 8 heteroatoms. The lowest BCUT2D eigenvalue weighted by molar-refractivity contribution is -0.126. The predicted molar refractivity (Wildman–Crippen MR) is 63.7 cm³/mol. The maximum atomic E-state index is 10.9. The molecule has 1 heterocycles. The van der Waals surface area contributed by atoms with E-state index in [9.17, 15) is 4.79 Å². The fraction of sp³-hybridized carbons (Fsp3) is 0.200. The first-order chi connectivity index (χ1) is 8.81. The van der Waals surface area contributed by atoms with Crippen LogP contribution in [0.1, 0.15) is 12.0 Å². The Morgan fingerprint density at radius 1 is 1.56 bits per heavy atom. The minimum atomic E-state index is -0.449. The molecule has 0 saturated heterocycles. The van der Waals surface area contributed by atoms with E-state index >= 15 is 0 Å². The van der Waals surface area contributed by atoms with Gasteiger partial charge in [0, 0.05) is 5.56 Å². The molecular formula is C10H9N5O2S. The molecule has 1 aromatic carbocycles. The lowest BCUT2D eigenvalue weighted by atomic mass is 10.2. The zero-order valence-electron chi connectivity index (χ0n) is 9.21. The van der Waals surface area contributed by atoms with Gasteiger partial charge in [-0.15, -0.1) is 10.7 Å². The maximum absolute atomic E-state index is 10.9. The van der Waals surface area contributed by atoms with Gasteiger partial charge in [0.1, 0.15) is 11.9 Å². The predicted octanol–water partition coefficient (Wildman–Crippen LogP) is 0.657. The second-order valence-corrected chi connectivity index (χ2v) is 4.07. The van der Waals surface area contributed by atoms with Gasteiger partial charge in [0.15, 0.2) is 0 Å². The van der Waals surface area contributed by atoms with Crippen LogP contribution in [0.15, 0.2) is 18.2 Å². The van der Waals surface area contributed by atoms with Gasteiger partial charge in [0.2, 0.25) is 5.91 Å². The lowest BCUT2D eigenvalue weighted by Gasteiger charge is -2.06. The molecule has 1 amide bonds. The number of amides is 1. The second kappa shape index (κ2) is 6.02. The summed E-state index contributed by atoms with van der Waals surface area (Å²) in [4.78, 5) is 16.0. The second-order valence-electron chi connectivity index (χ2n) is 3.31. The summed E-state index contributed by atoms with van der Waals surface area (Å²) in [6.07, 6.45) is -0.218. The van der Waals surface area contributed by atoms with Crippen molar-refractivity contribution in [3.05, 3.63) is 23.8 Å². The third-order valence-corrected chi connectivity index (χ3v) is 2.90. The minimum Gasteiger partial charge on any atom is -0.277 e. The van der Waals surface area contributed by atoms with E-state index in [-0.39, 0.29) is 13.0 Å². The third kappa shape index (κ3) is 2.98. The molecule has 0 fully saturated rings. The fourth-order valence-electron chi connectivity index (χ4n) is 1.30. The Morgan fingerprint density at radius 2 is 2.44 bits per heavy atom. The highest BCUT2D eigenvalue weighted by Crippen LogP contribution is 2.20. The summed E-state index contributed by atoms with van der Waals surface area (Å²) in [5.74, 6) is -0.449. The number of carbonyl (C=O) groups is 1. The summed E-state index contributed by atoms with van der Waals surface area (Å²) in [6.45, 7) is 0.258. The van der Waals surface area contributed by atoms with Crippen LogP contribution in [0.25, 0.3) is 10.2 Å². The van der Waals surface area contributed by atoms with Crippen LogP contribution in [0.4, 0.5) is 0 Å². The van der Waals surface area contributed by atoms with E-state index in [0.717, 1.165) is 15.8 Å². The molecule has 0 aliphatic heterocycles. The van der Waals surface area contributed by atoms with Gasteiger partial charge in [0.05, 0.1) is 17.4 Å². The quantitative estimate of drug-likeness (QED) is 0.607. The number of hydrazine groups is 1. The molecule has 0 atom stereocenters. The van der Waals surface area contributed by atoms with Crippen LogP contribution in [0.2, 0.25) is 0 Å². The molecule has 0 bridgehead atoms. The number of hydrogen-bond acceptors (Lipinski definition) is 7. The van der Waals surface area contributed by atoms with Crippen molar-refractivity contribution in [1.82, 2.24) is 20.6 Å². The van der Waals surface area contributed by atoms with E-state index in [2.05, 4.69) is 20.6 Å². The number of carbonyl (C=O) groups excluding carboxylic acids is 1. The molecule has 0 unspecified atom stereocenters. The molecular weight excluding hydrogens is 254 g/mol. The van der Waals surface area contributed by atoms with Crippen LogP contribution < -0.4 is 11.0 Å². The Bertz CT molecular complexity index is 591. The molecule has 0 saturated carbocycles. The maximum Gasteiger partial charge on any atom is 0.250 e. The van der Waals surface area contributed by atoms with Crippen molar-refractivity contribution in [1.29, 1.82) is 5.26 Å². The average molecular weight is 263 g/mol. The van der Waals surface area contributed by atoms with Gasteiger partial charge in [0.25, 0.3) is 0 Å². The molecule has 0 aliphatic carbocycles. The highest BCUT2D eigenvalue weighted by Gasteiger charge is 2.05. The Morgan fingerprint density at radius 3 is 3.28 bits per heavy atom. The van der Waals surface area contributed by atoms with Gasteiger partial charge >= 0.3 is 0 Å². The van der Waals surface area contributed by atoms with Crippen LogP contribution in [0.5, 0.6) is 0 Å². The van der Waals surface area contributed by atoms with Crippen molar-refractivity contribution < 1.29 is 9.63 Å². The van der Waals surface area contributed by atoms with Crippen molar-refractivity contribution in [2.75, 3.05) is 0 Å². The average Bonchev–Trinajstić information content (AvgIpc) is 2.84. The molecule has 1 aromatic heterocycles. The van der Waals surface area contributed by atoms with Crippen molar-refractivity contribution in [3.63, 3.8) is 0 Å². The molecule has 2 aromatic rings. The highest BCUT2D eigenvalue weighted by atomic mass is 32.1. The SMILES string of the molecule is N#CCC(=O)NNOCc1cccc2nnsc12. The summed E-state index contributed by atoms with van der Waals surface area (Å²) in [7, 11) is 0. The number of nitriles is 1. The van der Waals surface area contributed by atoms with E-state index in [1.165, 1.54) is 11.5 Å². The van der Waals surface area contributed by atoms with Gasteiger partial charge in [-0.05, 0) is 17.6 Å². The normalized spacial score (nSPS) is 10.2. The molecule has 2 N–H and O–H groups in total. The van der Waals surface area contributed by atoms with Gasteiger partial charge in [-0.25, -0.2) is 0 Å². The van der Waals surface area contributed by atoms with Gasteiger partial charge in [-0.2, -0.15) is 5.26 Å². The first kappa shape index (κ1) is 12.4. The van der Waals surface area contributed by atoms with Crippen LogP contribution in [0.3, 0.4) is 0 Å². The van der Waals surface area contributed by atoms with Gasteiger partial charge in [-0.1, -0.05) is 16.6 Å². The first-order valence-corrected chi connectivity index (χ1v) is 5.81. The highest BCUT2D eigenvalue weighted by molar-refractivity contribution is 7.13. The number of hydrogen-bond donors (Lipinski definition) is 2. The largest absolute Gasteiger partial charge is 0.277 e. The standard InChI is InChI=1S/C10H9N5O2S/c11-5-4-9(16)13-14-17-6-7-2-1-3-8-10(7)18-15-12-8/h1-3,14H,4,6H2,(H,13,16). The minimum absolute atomic E-state index is 0.218. The number of nitrogens with one attached hydrogen (secondary N) is 2. The van der Waals surface area contributed by atoms with E-state index in [1.807, 2.05) is 18.2 Å². The van der Waals surface area contributed by atoms with E-state index in [4.69, 9.17) is 10.1 Å². The number of benzene rings is 1. The number of nitrogens with zero attached hydrogens (tertiary/aromatic N) is 3. The van der Waals surface area contributed by atoms with E-state index in [1.54, 1.807) is 6.07 Å². The zero-order chi connectivity index (χ0) is 12.8. The summed E-state index contributed by atoms with van der Waals surface area (Å²) >= 11 is 1.29. The molecule has 92 valence electrons. The Balaban J connectivity index is 1.86. The van der Waals surface area contributed by atoms with Crippen LogP contribution in [-0.4, -0.2) is 15.5 Å². The fourth-order valence-corrected chi connectivity index (χ4v) is 1.95. The molecule has 2 rings (SSSR count). The van der Waals surface area contributed by atoms with Crippen molar-refractivity contribution in [3.8, 4) is 6.07 Å². The molecule has 18 heavy (non-hydrogen) atoms. The third-order valence-electron chi connectivity index (χ3n) is 2.09. The Kier molecular flexibility index (Phi) is 4.14. The smallest absolute Gasteiger partial charge is 0.250 e. The summed E-state index contributed by atoms with van der Waals surface area (Å²) in [6, 6.07) is 7.34. The molecule has 0 spiro atoms. The first-order valence-electron chi connectivity index (χ1n) is 5.04. The summed E-state index contributed by atoms with van der Waals surface area (Å²) in [5.41, 5.74) is 6.26. The monoisotopic (exact) mass is 263 g/mol. The molecule has 7 nitrogen and oxygen atoms in total. The molecule has 0 radical (unpaired) electrons.